The van der Waals surface area contributed by atoms with Crippen molar-refractivity contribution in [2.24, 2.45) is 0 Å². The molecule has 0 unspecified atom stereocenters. The number of aromatic nitrogens is 1. The van der Waals surface area contributed by atoms with Crippen molar-refractivity contribution in [3.8, 4) is 11.1 Å². The van der Waals surface area contributed by atoms with Gasteiger partial charge in [0.15, 0.2) is 0 Å². The topological polar surface area (TPSA) is 12.9 Å². The summed E-state index contributed by atoms with van der Waals surface area (Å²) < 4.78 is 0. The van der Waals surface area contributed by atoms with E-state index in [1.807, 2.05) is 36.4 Å². The van der Waals surface area contributed by atoms with E-state index < -0.39 is 0 Å². The number of hydrogen-bond acceptors (Lipinski definition) is 1. The minimum Gasteiger partial charge on any atom is -0.253 e. The molecular weight excluding hydrogens is 337 g/mol. The zero-order chi connectivity index (χ0) is 16.5. The molecule has 1 heterocycles. The molecule has 0 saturated carbocycles. The van der Waals surface area contributed by atoms with Crippen LogP contribution in [0.15, 0.2) is 42.5 Å². The van der Waals surface area contributed by atoms with E-state index in [0.717, 1.165) is 39.4 Å². The van der Waals surface area contributed by atoms with Crippen molar-refractivity contribution in [1.82, 2.24) is 4.98 Å². The van der Waals surface area contributed by atoms with Crippen LogP contribution in [0.25, 0.3) is 22.0 Å². The van der Waals surface area contributed by atoms with Gasteiger partial charge in [-0.25, -0.2) is 0 Å². The van der Waals surface area contributed by atoms with Crippen molar-refractivity contribution in [3.63, 3.8) is 0 Å². The number of benzene rings is 2. The van der Waals surface area contributed by atoms with Crippen molar-refractivity contribution >= 4 is 34.1 Å². The maximum atomic E-state index is 6.56. The fourth-order valence-electron chi connectivity index (χ4n) is 3.72. The van der Waals surface area contributed by atoms with E-state index in [-0.39, 0.29) is 0 Å². The quantitative estimate of drug-likeness (QED) is 0.464. The van der Waals surface area contributed by atoms with E-state index in [2.05, 4.69) is 6.07 Å². The molecule has 0 saturated heterocycles. The van der Waals surface area contributed by atoms with Gasteiger partial charge in [0.25, 0.3) is 0 Å². The average Bonchev–Trinajstić information content (AvgIpc) is 2.56. The molecule has 1 aliphatic carbocycles. The van der Waals surface area contributed by atoms with Gasteiger partial charge < -0.3 is 0 Å². The van der Waals surface area contributed by atoms with Crippen molar-refractivity contribution in [2.45, 2.75) is 38.5 Å². The molecule has 1 aromatic heterocycles. The molecule has 1 aliphatic rings. The van der Waals surface area contributed by atoms with E-state index in [0.29, 0.717) is 0 Å². The number of pyridine rings is 1. The summed E-state index contributed by atoms with van der Waals surface area (Å²) in [4.78, 5) is 4.97. The van der Waals surface area contributed by atoms with Crippen LogP contribution in [0.1, 0.15) is 36.9 Å². The lowest BCUT2D eigenvalue weighted by Crippen LogP contribution is -2.06. The van der Waals surface area contributed by atoms with Gasteiger partial charge in [-0.3, -0.25) is 4.98 Å². The first-order valence-corrected chi connectivity index (χ1v) is 9.35. The molecule has 0 N–H and O–H groups in total. The Balaban J connectivity index is 2.08. The first kappa shape index (κ1) is 15.9. The normalized spacial score (nSPS) is 14.9. The van der Waals surface area contributed by atoms with Crippen molar-refractivity contribution < 1.29 is 0 Å². The van der Waals surface area contributed by atoms with Gasteiger partial charge in [0.2, 0.25) is 0 Å². The fraction of sp³-hybridized carbons (Fsp3) is 0.286. The van der Waals surface area contributed by atoms with Gasteiger partial charge in [0.05, 0.1) is 5.52 Å². The summed E-state index contributed by atoms with van der Waals surface area (Å²) in [6, 6.07) is 14.1. The Hall–Kier alpha value is -1.57. The first-order chi connectivity index (χ1) is 11.7. The molecule has 4 rings (SSSR count). The van der Waals surface area contributed by atoms with Crippen molar-refractivity contribution in [1.29, 1.82) is 0 Å². The smallest absolute Gasteiger partial charge is 0.0712 e. The molecule has 0 amide bonds. The largest absolute Gasteiger partial charge is 0.253 e. The summed E-state index contributed by atoms with van der Waals surface area (Å²) in [7, 11) is 0. The maximum Gasteiger partial charge on any atom is 0.0712 e. The highest BCUT2D eigenvalue weighted by molar-refractivity contribution is 6.34. The first-order valence-electron chi connectivity index (χ1n) is 8.60. The van der Waals surface area contributed by atoms with Crippen LogP contribution in [0.4, 0.5) is 0 Å². The molecule has 3 heteroatoms. The van der Waals surface area contributed by atoms with Crippen molar-refractivity contribution in [2.75, 3.05) is 0 Å². The Kier molecular flexibility index (Phi) is 4.47. The summed E-state index contributed by atoms with van der Waals surface area (Å²) in [5.41, 5.74) is 5.92. The molecule has 3 aromatic rings. The molecule has 0 atom stereocenters. The third kappa shape index (κ3) is 2.92. The van der Waals surface area contributed by atoms with Crippen molar-refractivity contribution in [3.05, 3.63) is 63.8 Å². The van der Waals surface area contributed by atoms with E-state index >= 15 is 0 Å². The molecular formula is C21H19Cl2N. The van der Waals surface area contributed by atoms with Gasteiger partial charge >= 0.3 is 0 Å². The van der Waals surface area contributed by atoms with Crippen LogP contribution in [0, 0.1) is 0 Å². The Labute approximate surface area is 152 Å². The van der Waals surface area contributed by atoms with Crippen LogP contribution in [0.5, 0.6) is 0 Å². The molecule has 0 bridgehead atoms. The minimum atomic E-state index is 0.739. The monoisotopic (exact) mass is 355 g/mol. The maximum absolute atomic E-state index is 6.56. The Morgan fingerprint density at radius 1 is 0.833 bits per heavy atom. The van der Waals surface area contributed by atoms with E-state index in [9.17, 15) is 0 Å². The van der Waals surface area contributed by atoms with Crippen LogP contribution in [-0.2, 0) is 12.8 Å². The van der Waals surface area contributed by atoms with Gasteiger partial charge in [0.1, 0.15) is 0 Å². The molecule has 24 heavy (non-hydrogen) atoms. The minimum absolute atomic E-state index is 0.739. The van der Waals surface area contributed by atoms with Crippen LogP contribution in [-0.4, -0.2) is 4.98 Å². The lowest BCUT2D eigenvalue weighted by molar-refractivity contribution is 0.611. The third-order valence-corrected chi connectivity index (χ3v) is 5.43. The van der Waals surface area contributed by atoms with Gasteiger partial charge in [0, 0.05) is 26.7 Å². The second-order valence-corrected chi connectivity index (χ2v) is 7.31. The Morgan fingerprint density at radius 3 is 2.46 bits per heavy atom. The van der Waals surface area contributed by atoms with Gasteiger partial charge in [-0.2, -0.15) is 0 Å². The molecule has 0 radical (unpaired) electrons. The third-order valence-electron chi connectivity index (χ3n) is 4.87. The molecule has 0 spiro atoms. The van der Waals surface area contributed by atoms with E-state index in [1.165, 1.54) is 42.5 Å². The van der Waals surface area contributed by atoms with E-state index in [1.54, 1.807) is 0 Å². The number of aryl methyl sites for hydroxylation is 1. The highest BCUT2D eigenvalue weighted by Crippen LogP contribution is 2.39. The molecule has 2 aromatic carbocycles. The number of nitrogens with zero attached hydrogens (tertiary/aromatic N) is 1. The zero-order valence-corrected chi connectivity index (χ0v) is 15.0. The van der Waals surface area contributed by atoms with Crippen LogP contribution >= 0.6 is 23.2 Å². The van der Waals surface area contributed by atoms with Gasteiger partial charge in [-0.15, -0.1) is 0 Å². The molecule has 0 aliphatic heterocycles. The number of fused-ring (bicyclic) bond motifs is 2. The van der Waals surface area contributed by atoms with Gasteiger partial charge in [-0.05, 0) is 61.1 Å². The van der Waals surface area contributed by atoms with Crippen LogP contribution in [0.2, 0.25) is 10.0 Å². The lowest BCUT2D eigenvalue weighted by Gasteiger charge is -2.20. The second-order valence-electron chi connectivity index (χ2n) is 6.47. The van der Waals surface area contributed by atoms with Gasteiger partial charge in [-0.1, -0.05) is 54.2 Å². The second kappa shape index (κ2) is 6.74. The number of rotatable bonds is 1. The predicted octanol–water partition coefficient (Wildman–Crippen LogP) is 6.87. The number of hydrogen-bond donors (Lipinski definition) is 0. The summed E-state index contributed by atoms with van der Waals surface area (Å²) in [6.07, 6.45) is 7.10. The molecule has 0 fully saturated rings. The average molecular weight is 356 g/mol. The Bertz CT molecular complexity index is 902. The predicted molar refractivity (Wildman–Crippen MR) is 103 cm³/mol. The zero-order valence-electron chi connectivity index (χ0n) is 13.5. The highest BCUT2D eigenvalue weighted by atomic mass is 35.5. The summed E-state index contributed by atoms with van der Waals surface area (Å²) >= 11 is 12.9. The number of halogens is 2. The van der Waals surface area contributed by atoms with Crippen LogP contribution < -0.4 is 0 Å². The molecule has 122 valence electrons. The molecule has 1 nitrogen and oxygen atoms in total. The standard InChI is InChI=1S/C21H19Cl2N/c22-14-11-12-20-17(13-14)21(15-7-5-6-9-18(15)23)16-8-3-1-2-4-10-19(16)24-20/h5-7,9,11-13H,1-4,8,10H2. The Morgan fingerprint density at radius 2 is 1.62 bits per heavy atom. The van der Waals surface area contributed by atoms with Crippen LogP contribution in [0.3, 0.4) is 0 Å². The summed E-state index contributed by atoms with van der Waals surface area (Å²) in [5.74, 6) is 0. The summed E-state index contributed by atoms with van der Waals surface area (Å²) in [5, 5.41) is 2.63. The highest BCUT2D eigenvalue weighted by Gasteiger charge is 2.19. The van der Waals surface area contributed by atoms with E-state index in [4.69, 9.17) is 28.2 Å². The fourth-order valence-corrected chi connectivity index (χ4v) is 4.12. The SMILES string of the molecule is Clc1ccc2nc3c(c(-c4ccccc4Cl)c2c1)CCCCCC3. The lowest BCUT2D eigenvalue weighted by atomic mass is 9.88. The summed E-state index contributed by atoms with van der Waals surface area (Å²) in [6.45, 7) is 0.